The van der Waals surface area contributed by atoms with Crippen LogP contribution in [0.25, 0.3) is 10.9 Å². The largest absolute Gasteiger partial charge is 0.457 e. The smallest absolute Gasteiger partial charge is 0.220 e. The molecule has 2 heterocycles. The lowest BCUT2D eigenvalue weighted by molar-refractivity contribution is -0.121. The molecular weight excluding hydrogens is 458 g/mol. The molecule has 5 heteroatoms. The van der Waals surface area contributed by atoms with E-state index in [1.807, 2.05) is 42.5 Å². The van der Waals surface area contributed by atoms with Crippen molar-refractivity contribution in [3.63, 3.8) is 0 Å². The van der Waals surface area contributed by atoms with E-state index < -0.39 is 0 Å². The van der Waals surface area contributed by atoms with E-state index in [4.69, 9.17) is 4.74 Å². The molecule has 5 rings (SSSR count). The molecule has 0 saturated carbocycles. The van der Waals surface area contributed by atoms with Gasteiger partial charge in [0.25, 0.3) is 0 Å². The summed E-state index contributed by atoms with van der Waals surface area (Å²) >= 11 is 0. The lowest BCUT2D eigenvalue weighted by Crippen LogP contribution is -2.38. The molecule has 1 saturated heterocycles. The fourth-order valence-electron chi connectivity index (χ4n) is 5.44. The summed E-state index contributed by atoms with van der Waals surface area (Å²) in [5.41, 5.74) is 3.46. The van der Waals surface area contributed by atoms with Crippen molar-refractivity contribution in [2.24, 2.45) is 0 Å². The van der Waals surface area contributed by atoms with Crippen molar-refractivity contribution < 1.29 is 9.53 Å². The van der Waals surface area contributed by atoms with Crippen LogP contribution in [0.2, 0.25) is 0 Å². The number of benzene rings is 3. The predicted molar refractivity (Wildman–Crippen MR) is 150 cm³/mol. The molecule has 1 aliphatic rings. The number of amides is 1. The van der Waals surface area contributed by atoms with Gasteiger partial charge in [0.05, 0.1) is 0 Å². The number of hydrogen-bond donors (Lipinski definition) is 1. The monoisotopic (exact) mass is 495 g/mol. The van der Waals surface area contributed by atoms with Crippen LogP contribution in [0, 0.1) is 0 Å². The number of aromatic nitrogens is 1. The summed E-state index contributed by atoms with van der Waals surface area (Å²) in [6.45, 7) is 6.94. The van der Waals surface area contributed by atoms with Crippen LogP contribution in [0.1, 0.15) is 49.7 Å². The highest BCUT2D eigenvalue weighted by molar-refractivity contribution is 5.86. The molecule has 5 nitrogen and oxygen atoms in total. The molecule has 1 atom stereocenters. The van der Waals surface area contributed by atoms with Crippen LogP contribution in [0.4, 0.5) is 0 Å². The van der Waals surface area contributed by atoms with Crippen LogP contribution in [-0.2, 0) is 11.3 Å². The number of hydrogen-bond acceptors (Lipinski definition) is 3. The van der Waals surface area contributed by atoms with Crippen molar-refractivity contribution >= 4 is 16.8 Å². The molecule has 0 aliphatic carbocycles. The molecule has 0 spiro atoms. The van der Waals surface area contributed by atoms with Crippen molar-refractivity contribution in [1.29, 1.82) is 0 Å². The summed E-state index contributed by atoms with van der Waals surface area (Å²) in [6.07, 6.45) is 6.47. The van der Waals surface area contributed by atoms with E-state index in [9.17, 15) is 4.79 Å². The number of carbonyl (C=O) groups excluding carboxylic acids is 1. The topological polar surface area (TPSA) is 46.5 Å². The molecule has 37 heavy (non-hydrogen) atoms. The van der Waals surface area contributed by atoms with Crippen molar-refractivity contribution in [1.82, 2.24) is 14.8 Å². The van der Waals surface area contributed by atoms with Gasteiger partial charge in [0.2, 0.25) is 5.91 Å². The first kappa shape index (κ1) is 25.1. The molecule has 192 valence electrons. The lowest BCUT2D eigenvalue weighted by atomic mass is 9.88. The van der Waals surface area contributed by atoms with Crippen molar-refractivity contribution in [2.45, 2.75) is 45.1 Å². The molecule has 4 aromatic rings. The van der Waals surface area contributed by atoms with E-state index in [2.05, 4.69) is 64.3 Å². The molecule has 0 unspecified atom stereocenters. The second kappa shape index (κ2) is 12.1. The Bertz CT molecular complexity index is 1310. The number of fused-ring (bicyclic) bond motifs is 1. The van der Waals surface area contributed by atoms with E-state index >= 15 is 0 Å². The van der Waals surface area contributed by atoms with Gasteiger partial charge in [-0.1, -0.05) is 55.0 Å². The van der Waals surface area contributed by atoms with E-state index in [1.165, 1.54) is 35.7 Å². The number of likely N-dealkylation sites (tertiary alicyclic amines) is 1. The Morgan fingerprint density at radius 3 is 2.49 bits per heavy atom. The van der Waals surface area contributed by atoms with Crippen LogP contribution in [0.3, 0.4) is 0 Å². The van der Waals surface area contributed by atoms with Crippen LogP contribution < -0.4 is 10.1 Å². The molecule has 1 aromatic heterocycles. The normalized spacial score (nSPS) is 14.9. The number of nitrogens with one attached hydrogen (secondary N) is 1. The van der Waals surface area contributed by atoms with Crippen LogP contribution in [-0.4, -0.2) is 41.6 Å². The Morgan fingerprint density at radius 1 is 0.919 bits per heavy atom. The summed E-state index contributed by atoms with van der Waals surface area (Å²) in [5, 5.41) is 4.40. The van der Waals surface area contributed by atoms with E-state index in [0.29, 0.717) is 13.0 Å². The van der Waals surface area contributed by atoms with Crippen molar-refractivity contribution in [2.75, 3.05) is 26.2 Å². The summed E-state index contributed by atoms with van der Waals surface area (Å²) < 4.78 is 8.42. The molecule has 1 aliphatic heterocycles. The Labute approximate surface area is 220 Å². The minimum atomic E-state index is -0.0768. The van der Waals surface area contributed by atoms with Crippen LogP contribution >= 0.6 is 0 Å². The van der Waals surface area contributed by atoms with Crippen molar-refractivity contribution in [3.05, 3.63) is 96.2 Å². The quantitative estimate of drug-likeness (QED) is 0.270. The fourth-order valence-corrected chi connectivity index (χ4v) is 5.44. The molecule has 0 bridgehead atoms. The highest BCUT2D eigenvalue weighted by Gasteiger charge is 2.23. The van der Waals surface area contributed by atoms with E-state index in [0.717, 1.165) is 43.2 Å². The summed E-state index contributed by atoms with van der Waals surface area (Å²) in [5.74, 6) is 1.59. The number of ether oxygens (including phenoxy) is 1. The minimum Gasteiger partial charge on any atom is -0.457 e. The zero-order valence-corrected chi connectivity index (χ0v) is 21.7. The van der Waals surface area contributed by atoms with Crippen molar-refractivity contribution in [3.8, 4) is 11.5 Å². The number of aryl methyl sites for hydroxylation is 1. The van der Waals surface area contributed by atoms with Gasteiger partial charge < -0.3 is 19.5 Å². The standard InChI is InChI=1S/C32H37N3O2/c1-2-35-24-30(28-16-7-8-17-31(28)35)29(23-32(36)33-18-21-34-19-9-4-10-20-34)25-12-11-15-27(22-25)37-26-13-5-3-6-14-26/h3,5-8,11-17,22,24,29H,2,4,9-10,18-21,23H2,1H3,(H,33,36)/t29-/m1/s1. The maximum Gasteiger partial charge on any atom is 0.220 e. The number of nitrogens with zero attached hydrogens (tertiary/aromatic N) is 2. The maximum absolute atomic E-state index is 13.3. The lowest BCUT2D eigenvalue weighted by Gasteiger charge is -2.26. The molecule has 3 aromatic carbocycles. The molecule has 1 amide bonds. The molecular formula is C32H37N3O2. The average molecular weight is 496 g/mol. The van der Waals surface area contributed by atoms with E-state index in [-0.39, 0.29) is 11.8 Å². The summed E-state index contributed by atoms with van der Waals surface area (Å²) in [4.78, 5) is 15.7. The summed E-state index contributed by atoms with van der Waals surface area (Å²) in [7, 11) is 0. The Kier molecular flexibility index (Phi) is 8.21. The van der Waals surface area contributed by atoms with Crippen LogP contribution in [0.5, 0.6) is 11.5 Å². The van der Waals surface area contributed by atoms with Gasteiger partial charge in [-0.05, 0) is 74.3 Å². The van der Waals surface area contributed by atoms with Gasteiger partial charge >= 0.3 is 0 Å². The van der Waals surface area contributed by atoms with Gasteiger partial charge in [-0.2, -0.15) is 0 Å². The maximum atomic E-state index is 13.3. The van der Waals surface area contributed by atoms with Crippen LogP contribution in [0.15, 0.2) is 85.1 Å². The number of para-hydroxylation sites is 2. The first-order valence-electron chi connectivity index (χ1n) is 13.6. The fraction of sp³-hybridized carbons (Fsp3) is 0.344. The minimum absolute atomic E-state index is 0.0768. The number of rotatable bonds is 10. The van der Waals surface area contributed by atoms with E-state index in [1.54, 1.807) is 0 Å². The Morgan fingerprint density at radius 2 is 1.68 bits per heavy atom. The third-order valence-electron chi connectivity index (χ3n) is 7.36. The molecule has 0 radical (unpaired) electrons. The second-order valence-corrected chi connectivity index (χ2v) is 9.88. The van der Waals surface area contributed by atoms with Gasteiger partial charge in [-0.25, -0.2) is 0 Å². The zero-order chi connectivity index (χ0) is 25.5. The summed E-state index contributed by atoms with van der Waals surface area (Å²) in [6, 6.07) is 26.5. The van der Waals surface area contributed by atoms with Gasteiger partial charge in [-0.15, -0.1) is 0 Å². The van der Waals surface area contributed by atoms with Gasteiger partial charge in [0, 0.05) is 49.1 Å². The SMILES string of the molecule is CCn1cc([C@H](CC(=O)NCCN2CCCCC2)c2cccc(Oc3ccccc3)c2)c2ccccc21. The first-order chi connectivity index (χ1) is 18.2. The highest BCUT2D eigenvalue weighted by Crippen LogP contribution is 2.36. The highest BCUT2D eigenvalue weighted by atomic mass is 16.5. The van der Waals surface area contributed by atoms with Gasteiger partial charge in [-0.3, -0.25) is 4.79 Å². The average Bonchev–Trinajstić information content (AvgIpc) is 3.32. The van der Waals surface area contributed by atoms with Gasteiger partial charge in [0.1, 0.15) is 11.5 Å². The predicted octanol–water partition coefficient (Wildman–Crippen LogP) is 6.58. The number of piperidine rings is 1. The second-order valence-electron chi connectivity index (χ2n) is 9.88. The molecule has 1 N–H and O–H groups in total. The van der Waals surface area contributed by atoms with Gasteiger partial charge in [0.15, 0.2) is 0 Å². The number of carbonyl (C=O) groups is 1. The zero-order valence-electron chi connectivity index (χ0n) is 21.7. The third kappa shape index (κ3) is 6.23. The third-order valence-corrected chi connectivity index (χ3v) is 7.36. The first-order valence-corrected chi connectivity index (χ1v) is 13.6. The Hall–Kier alpha value is -3.57. The molecule has 1 fully saturated rings. The Balaban J connectivity index is 1.40.